The lowest BCUT2D eigenvalue weighted by atomic mass is 10.2. The molecule has 1 aromatic heterocycles. The molecular weight excluding hydrogens is 375 g/mol. The van der Waals surface area contributed by atoms with Gasteiger partial charge in [-0.05, 0) is 18.2 Å². The maximum absolute atomic E-state index is 6.06. The monoisotopic (exact) mass is 384 g/mol. The Bertz CT molecular complexity index is 868. The van der Waals surface area contributed by atoms with Crippen LogP contribution >= 0.6 is 34.8 Å². The minimum atomic E-state index is 0.0415. The first-order chi connectivity index (χ1) is 11.6. The Hall–Kier alpha value is -1.95. The van der Waals surface area contributed by atoms with Gasteiger partial charge in [0.15, 0.2) is 6.61 Å². The molecule has 0 radical (unpaired) electrons. The summed E-state index contributed by atoms with van der Waals surface area (Å²) in [7, 11) is 1.58. The van der Waals surface area contributed by atoms with Gasteiger partial charge in [0, 0.05) is 6.07 Å². The SMILES string of the molecule is COc1ccccc1-c1noc(COc2cc(Cl)c(Cl)cc2Cl)n1. The van der Waals surface area contributed by atoms with Gasteiger partial charge < -0.3 is 14.0 Å². The molecule has 0 spiro atoms. The quantitative estimate of drug-likeness (QED) is 0.559. The second-order valence-electron chi connectivity index (χ2n) is 4.70. The normalized spacial score (nSPS) is 10.7. The number of benzene rings is 2. The highest BCUT2D eigenvalue weighted by Gasteiger charge is 2.14. The lowest BCUT2D eigenvalue weighted by molar-refractivity contribution is 0.243. The van der Waals surface area contributed by atoms with Crippen molar-refractivity contribution in [1.29, 1.82) is 0 Å². The molecule has 3 rings (SSSR count). The lowest BCUT2D eigenvalue weighted by Crippen LogP contribution is -1.97. The van der Waals surface area contributed by atoms with Gasteiger partial charge in [0.2, 0.25) is 5.82 Å². The summed E-state index contributed by atoms with van der Waals surface area (Å²) >= 11 is 17.9. The molecule has 3 aromatic rings. The van der Waals surface area contributed by atoms with Crippen molar-refractivity contribution >= 4 is 34.8 Å². The van der Waals surface area contributed by atoms with Crippen molar-refractivity contribution in [2.45, 2.75) is 6.61 Å². The fourth-order valence-electron chi connectivity index (χ4n) is 2.01. The van der Waals surface area contributed by atoms with E-state index in [4.69, 9.17) is 48.8 Å². The van der Waals surface area contributed by atoms with Crippen LogP contribution < -0.4 is 9.47 Å². The molecule has 0 N–H and O–H groups in total. The first-order valence-corrected chi connectivity index (χ1v) is 7.95. The molecule has 5 nitrogen and oxygen atoms in total. The lowest BCUT2D eigenvalue weighted by Gasteiger charge is -2.07. The molecule has 0 aliphatic rings. The van der Waals surface area contributed by atoms with Crippen LogP contribution in [-0.4, -0.2) is 17.3 Å². The zero-order valence-corrected chi connectivity index (χ0v) is 14.7. The van der Waals surface area contributed by atoms with Gasteiger partial charge >= 0.3 is 0 Å². The van der Waals surface area contributed by atoms with Gasteiger partial charge in [-0.3, -0.25) is 0 Å². The number of halogens is 3. The average Bonchev–Trinajstić information content (AvgIpc) is 3.05. The number of hydrogen-bond acceptors (Lipinski definition) is 5. The zero-order chi connectivity index (χ0) is 17.1. The summed E-state index contributed by atoms with van der Waals surface area (Å²) in [4.78, 5) is 4.29. The number of methoxy groups -OCH3 is 1. The molecule has 0 aliphatic heterocycles. The van der Waals surface area contributed by atoms with Gasteiger partial charge in [-0.15, -0.1) is 0 Å². The smallest absolute Gasteiger partial charge is 0.264 e. The number of hydrogen-bond donors (Lipinski definition) is 0. The number of para-hydroxylation sites is 1. The number of nitrogens with zero attached hydrogens (tertiary/aromatic N) is 2. The van der Waals surface area contributed by atoms with E-state index in [9.17, 15) is 0 Å². The van der Waals surface area contributed by atoms with E-state index in [2.05, 4.69) is 10.1 Å². The molecule has 0 atom stereocenters. The second kappa shape index (κ2) is 7.30. The largest absolute Gasteiger partial charge is 0.496 e. The van der Waals surface area contributed by atoms with Crippen LogP contribution in [0.2, 0.25) is 15.1 Å². The molecule has 0 fully saturated rings. The van der Waals surface area contributed by atoms with Gasteiger partial charge in [0.1, 0.15) is 11.5 Å². The van der Waals surface area contributed by atoms with E-state index in [-0.39, 0.29) is 12.5 Å². The van der Waals surface area contributed by atoms with Crippen LogP contribution in [0.1, 0.15) is 5.89 Å². The molecule has 2 aromatic carbocycles. The Morgan fingerprint density at radius 3 is 2.54 bits per heavy atom. The number of rotatable bonds is 5. The fourth-order valence-corrected chi connectivity index (χ4v) is 2.60. The van der Waals surface area contributed by atoms with Gasteiger partial charge in [-0.25, -0.2) is 0 Å². The summed E-state index contributed by atoms with van der Waals surface area (Å²) in [6, 6.07) is 10.4. The number of ether oxygens (including phenoxy) is 2. The Balaban J connectivity index is 1.76. The summed E-state index contributed by atoms with van der Waals surface area (Å²) in [6.45, 7) is 0.0415. The predicted molar refractivity (Wildman–Crippen MR) is 92.1 cm³/mol. The third kappa shape index (κ3) is 3.59. The highest BCUT2D eigenvalue weighted by Crippen LogP contribution is 2.34. The standard InChI is InChI=1S/C16H11Cl3N2O3/c1-22-13-5-3-2-4-9(13)16-20-15(24-21-16)8-23-14-7-11(18)10(17)6-12(14)19/h2-7H,8H2,1H3. The molecule has 0 aliphatic carbocycles. The van der Waals surface area contributed by atoms with Crippen molar-refractivity contribution in [2.75, 3.05) is 7.11 Å². The van der Waals surface area contributed by atoms with Crippen molar-refractivity contribution < 1.29 is 14.0 Å². The van der Waals surface area contributed by atoms with Crippen LogP contribution in [0, 0.1) is 0 Å². The van der Waals surface area contributed by atoms with Gasteiger partial charge in [-0.2, -0.15) is 4.98 Å². The van der Waals surface area contributed by atoms with Crippen molar-refractivity contribution in [3.05, 3.63) is 57.4 Å². The Kier molecular flexibility index (Phi) is 5.14. The van der Waals surface area contributed by atoms with E-state index < -0.39 is 0 Å². The molecule has 0 unspecified atom stereocenters. The molecule has 0 bridgehead atoms. The Morgan fingerprint density at radius 1 is 1.00 bits per heavy atom. The van der Waals surface area contributed by atoms with Crippen LogP contribution in [0.4, 0.5) is 0 Å². The first kappa shape index (κ1) is 16.9. The molecule has 8 heteroatoms. The average molecular weight is 386 g/mol. The van der Waals surface area contributed by atoms with Crippen molar-refractivity contribution in [2.24, 2.45) is 0 Å². The van der Waals surface area contributed by atoms with Gasteiger partial charge in [-0.1, -0.05) is 52.1 Å². The summed E-state index contributed by atoms with van der Waals surface area (Å²) in [5, 5.41) is 4.97. The topological polar surface area (TPSA) is 57.4 Å². The third-order valence-electron chi connectivity index (χ3n) is 3.14. The van der Waals surface area contributed by atoms with E-state index >= 15 is 0 Å². The van der Waals surface area contributed by atoms with Gasteiger partial charge in [0.25, 0.3) is 5.89 Å². The van der Waals surface area contributed by atoms with Gasteiger partial charge in [0.05, 0.1) is 27.7 Å². The molecule has 24 heavy (non-hydrogen) atoms. The molecule has 0 amide bonds. The first-order valence-electron chi connectivity index (χ1n) is 6.82. The van der Waals surface area contributed by atoms with E-state index in [0.717, 1.165) is 5.56 Å². The second-order valence-corrected chi connectivity index (χ2v) is 5.92. The van der Waals surface area contributed by atoms with Crippen LogP contribution in [0.3, 0.4) is 0 Å². The maximum atomic E-state index is 6.06. The fraction of sp³-hybridized carbons (Fsp3) is 0.125. The van der Waals surface area contributed by atoms with Crippen molar-refractivity contribution in [3.8, 4) is 22.9 Å². The highest BCUT2D eigenvalue weighted by atomic mass is 35.5. The third-order valence-corrected chi connectivity index (χ3v) is 4.16. The van der Waals surface area contributed by atoms with Crippen molar-refractivity contribution in [1.82, 2.24) is 10.1 Å². The van der Waals surface area contributed by atoms with Crippen LogP contribution in [0.5, 0.6) is 11.5 Å². The summed E-state index contributed by atoms with van der Waals surface area (Å²) in [5.41, 5.74) is 0.725. The van der Waals surface area contributed by atoms with E-state index in [1.807, 2.05) is 24.3 Å². The molecule has 124 valence electrons. The summed E-state index contributed by atoms with van der Waals surface area (Å²) in [5.74, 6) is 1.73. The zero-order valence-electron chi connectivity index (χ0n) is 12.4. The minimum Gasteiger partial charge on any atom is -0.496 e. The maximum Gasteiger partial charge on any atom is 0.264 e. The van der Waals surface area contributed by atoms with E-state index in [1.165, 1.54) is 12.1 Å². The molecular formula is C16H11Cl3N2O3. The summed E-state index contributed by atoms with van der Waals surface area (Å²) in [6.07, 6.45) is 0. The predicted octanol–water partition coefficient (Wildman–Crippen LogP) is 5.28. The van der Waals surface area contributed by atoms with Crippen LogP contribution in [-0.2, 0) is 6.61 Å². The summed E-state index contributed by atoms with van der Waals surface area (Å²) < 4.78 is 16.0. The van der Waals surface area contributed by atoms with Crippen LogP contribution in [0.25, 0.3) is 11.4 Å². The highest BCUT2D eigenvalue weighted by molar-refractivity contribution is 6.43. The molecule has 1 heterocycles. The van der Waals surface area contributed by atoms with E-state index in [1.54, 1.807) is 7.11 Å². The molecule has 0 saturated heterocycles. The molecule has 0 saturated carbocycles. The Labute approximate surface area is 153 Å². The Morgan fingerprint density at radius 2 is 1.75 bits per heavy atom. The minimum absolute atomic E-state index is 0.0415. The van der Waals surface area contributed by atoms with Crippen molar-refractivity contribution in [3.63, 3.8) is 0 Å². The number of aromatic nitrogens is 2. The van der Waals surface area contributed by atoms with Crippen LogP contribution in [0.15, 0.2) is 40.9 Å². The van der Waals surface area contributed by atoms with E-state index in [0.29, 0.717) is 32.4 Å².